The fraction of sp³-hybridized carbons (Fsp3) is 0.333. The zero-order valence-electron chi connectivity index (χ0n) is 12.0. The monoisotopic (exact) mass is 276 g/mol. The Hall–Kier alpha value is -2.14. The van der Waals surface area contributed by atoms with E-state index in [1.807, 2.05) is 30.5 Å². The summed E-state index contributed by atoms with van der Waals surface area (Å²) in [5, 5.41) is 3.36. The van der Waals surface area contributed by atoms with E-state index >= 15 is 0 Å². The van der Waals surface area contributed by atoms with Crippen LogP contribution in [0.5, 0.6) is 17.2 Å². The van der Waals surface area contributed by atoms with Crippen molar-refractivity contribution < 1.29 is 14.2 Å². The van der Waals surface area contributed by atoms with Gasteiger partial charge in [0, 0.05) is 25.0 Å². The van der Waals surface area contributed by atoms with Gasteiger partial charge in [-0.2, -0.15) is 0 Å². The summed E-state index contributed by atoms with van der Waals surface area (Å²) in [7, 11) is 4.84. The number of rotatable bonds is 7. The highest BCUT2D eigenvalue weighted by atomic mass is 16.5. The summed E-state index contributed by atoms with van der Waals surface area (Å²) in [6.07, 6.45) is 1.91. The molecule has 0 unspecified atom stereocenters. The number of nitrogens with one attached hydrogen (secondary N) is 2. The van der Waals surface area contributed by atoms with Crippen LogP contribution in [0.3, 0.4) is 0 Å². The van der Waals surface area contributed by atoms with Gasteiger partial charge in [-0.15, -0.1) is 0 Å². The van der Waals surface area contributed by atoms with Crippen molar-refractivity contribution in [2.24, 2.45) is 0 Å². The van der Waals surface area contributed by atoms with Gasteiger partial charge in [0.1, 0.15) is 0 Å². The highest BCUT2D eigenvalue weighted by Gasteiger charge is 2.12. The van der Waals surface area contributed by atoms with Crippen molar-refractivity contribution in [3.05, 3.63) is 41.7 Å². The number of ether oxygens (including phenoxy) is 3. The Balaban J connectivity index is 2.07. The minimum Gasteiger partial charge on any atom is -0.493 e. The van der Waals surface area contributed by atoms with E-state index in [0.29, 0.717) is 17.2 Å². The predicted molar refractivity (Wildman–Crippen MR) is 77.4 cm³/mol. The van der Waals surface area contributed by atoms with Gasteiger partial charge in [-0.25, -0.2) is 0 Å². The van der Waals surface area contributed by atoms with Gasteiger partial charge in [0.15, 0.2) is 11.5 Å². The topological polar surface area (TPSA) is 55.5 Å². The van der Waals surface area contributed by atoms with E-state index in [2.05, 4.69) is 10.3 Å². The van der Waals surface area contributed by atoms with Crippen LogP contribution in [0.15, 0.2) is 30.5 Å². The first kappa shape index (κ1) is 14.3. The maximum atomic E-state index is 5.33. The number of aromatic nitrogens is 1. The summed E-state index contributed by atoms with van der Waals surface area (Å²) in [5.74, 6) is 1.95. The molecule has 0 spiro atoms. The molecule has 0 aliphatic heterocycles. The first-order valence-electron chi connectivity index (χ1n) is 6.40. The highest BCUT2D eigenvalue weighted by molar-refractivity contribution is 5.53. The van der Waals surface area contributed by atoms with Crippen molar-refractivity contribution in [1.29, 1.82) is 0 Å². The SMILES string of the molecule is COc1cc(CNCc2ccc[nH]2)cc(OC)c1OC. The van der Waals surface area contributed by atoms with E-state index in [1.54, 1.807) is 21.3 Å². The smallest absolute Gasteiger partial charge is 0.203 e. The zero-order valence-corrected chi connectivity index (χ0v) is 12.0. The minimum absolute atomic E-state index is 0.614. The number of hydrogen-bond donors (Lipinski definition) is 2. The third-order valence-electron chi connectivity index (χ3n) is 3.03. The van der Waals surface area contributed by atoms with Crippen LogP contribution in [-0.2, 0) is 13.1 Å². The molecule has 2 aromatic rings. The summed E-state index contributed by atoms with van der Waals surface area (Å²) in [6, 6.07) is 7.92. The fourth-order valence-electron chi connectivity index (χ4n) is 2.06. The van der Waals surface area contributed by atoms with Crippen LogP contribution in [0.4, 0.5) is 0 Å². The Kier molecular flexibility index (Phi) is 4.90. The van der Waals surface area contributed by atoms with Crippen molar-refractivity contribution in [1.82, 2.24) is 10.3 Å². The molecule has 2 N–H and O–H groups in total. The lowest BCUT2D eigenvalue weighted by atomic mass is 10.1. The quantitative estimate of drug-likeness (QED) is 0.815. The van der Waals surface area contributed by atoms with Crippen molar-refractivity contribution in [2.45, 2.75) is 13.1 Å². The van der Waals surface area contributed by atoms with E-state index < -0.39 is 0 Å². The van der Waals surface area contributed by atoms with Crippen LogP contribution in [-0.4, -0.2) is 26.3 Å². The molecule has 0 aliphatic rings. The molecule has 0 radical (unpaired) electrons. The zero-order chi connectivity index (χ0) is 14.4. The molecule has 0 saturated heterocycles. The molecule has 1 heterocycles. The molecule has 0 atom stereocenters. The minimum atomic E-state index is 0.614. The summed E-state index contributed by atoms with van der Waals surface area (Å²) in [5.41, 5.74) is 2.23. The van der Waals surface area contributed by atoms with Gasteiger partial charge in [-0.1, -0.05) is 0 Å². The Morgan fingerprint density at radius 1 is 1.00 bits per heavy atom. The van der Waals surface area contributed by atoms with E-state index in [1.165, 1.54) is 0 Å². The van der Waals surface area contributed by atoms with E-state index in [-0.39, 0.29) is 0 Å². The largest absolute Gasteiger partial charge is 0.493 e. The molecule has 20 heavy (non-hydrogen) atoms. The van der Waals surface area contributed by atoms with Crippen LogP contribution in [0, 0.1) is 0 Å². The van der Waals surface area contributed by atoms with Gasteiger partial charge >= 0.3 is 0 Å². The molecule has 1 aromatic carbocycles. The third kappa shape index (κ3) is 3.24. The number of hydrogen-bond acceptors (Lipinski definition) is 4. The molecule has 1 aromatic heterocycles. The van der Waals surface area contributed by atoms with Crippen LogP contribution in [0.25, 0.3) is 0 Å². The normalized spacial score (nSPS) is 10.3. The first-order valence-corrected chi connectivity index (χ1v) is 6.40. The van der Waals surface area contributed by atoms with Crippen LogP contribution in [0.2, 0.25) is 0 Å². The summed E-state index contributed by atoms with van der Waals surface area (Å²) in [6.45, 7) is 1.50. The first-order chi connectivity index (χ1) is 9.78. The van der Waals surface area contributed by atoms with Gasteiger partial charge < -0.3 is 24.5 Å². The van der Waals surface area contributed by atoms with Gasteiger partial charge in [0.25, 0.3) is 0 Å². The highest BCUT2D eigenvalue weighted by Crippen LogP contribution is 2.38. The molecule has 0 aliphatic carbocycles. The standard InChI is InChI=1S/C15H20N2O3/c1-18-13-7-11(8-14(19-2)15(13)20-3)9-16-10-12-5-4-6-17-12/h4-8,16-17H,9-10H2,1-3H3. The second kappa shape index (κ2) is 6.86. The number of benzene rings is 1. The summed E-state index contributed by atoms with van der Waals surface area (Å²) < 4.78 is 16.0. The number of methoxy groups -OCH3 is 3. The average molecular weight is 276 g/mol. The molecule has 0 saturated carbocycles. The molecule has 5 nitrogen and oxygen atoms in total. The Morgan fingerprint density at radius 2 is 1.70 bits per heavy atom. The lowest BCUT2D eigenvalue weighted by Gasteiger charge is -2.14. The van der Waals surface area contributed by atoms with Crippen molar-refractivity contribution in [3.63, 3.8) is 0 Å². The molecule has 0 amide bonds. The lowest BCUT2D eigenvalue weighted by molar-refractivity contribution is 0.323. The van der Waals surface area contributed by atoms with Gasteiger partial charge in [0.2, 0.25) is 5.75 Å². The second-order valence-corrected chi connectivity index (χ2v) is 4.33. The summed E-state index contributed by atoms with van der Waals surface area (Å²) >= 11 is 0. The Morgan fingerprint density at radius 3 is 2.20 bits per heavy atom. The molecular weight excluding hydrogens is 256 g/mol. The third-order valence-corrected chi connectivity index (χ3v) is 3.03. The summed E-state index contributed by atoms with van der Waals surface area (Å²) in [4.78, 5) is 3.15. The number of H-pyrrole nitrogens is 1. The molecule has 0 bridgehead atoms. The Labute approximate surface area is 118 Å². The van der Waals surface area contributed by atoms with Crippen molar-refractivity contribution in [2.75, 3.05) is 21.3 Å². The van der Waals surface area contributed by atoms with Crippen LogP contribution >= 0.6 is 0 Å². The van der Waals surface area contributed by atoms with Crippen molar-refractivity contribution in [3.8, 4) is 17.2 Å². The average Bonchev–Trinajstić information content (AvgIpc) is 2.99. The van der Waals surface area contributed by atoms with Crippen LogP contribution in [0.1, 0.15) is 11.3 Å². The fourth-order valence-corrected chi connectivity index (χ4v) is 2.06. The number of aromatic amines is 1. The van der Waals surface area contributed by atoms with Gasteiger partial charge in [-0.3, -0.25) is 0 Å². The molecule has 5 heteroatoms. The van der Waals surface area contributed by atoms with E-state index in [0.717, 1.165) is 24.3 Å². The maximum Gasteiger partial charge on any atom is 0.203 e. The van der Waals surface area contributed by atoms with E-state index in [9.17, 15) is 0 Å². The maximum absolute atomic E-state index is 5.33. The van der Waals surface area contributed by atoms with Gasteiger partial charge in [-0.05, 0) is 29.8 Å². The van der Waals surface area contributed by atoms with Crippen LogP contribution < -0.4 is 19.5 Å². The molecule has 2 rings (SSSR count). The second-order valence-electron chi connectivity index (χ2n) is 4.33. The lowest BCUT2D eigenvalue weighted by Crippen LogP contribution is -2.13. The van der Waals surface area contributed by atoms with E-state index in [4.69, 9.17) is 14.2 Å². The predicted octanol–water partition coefficient (Wildman–Crippen LogP) is 2.33. The molecule has 108 valence electrons. The molecular formula is C15H20N2O3. The van der Waals surface area contributed by atoms with Gasteiger partial charge in [0.05, 0.1) is 21.3 Å². The Bertz CT molecular complexity index is 513. The van der Waals surface area contributed by atoms with Crippen molar-refractivity contribution >= 4 is 0 Å². The molecule has 0 fully saturated rings.